The highest BCUT2D eigenvalue weighted by Gasteiger charge is 2.42. The topological polar surface area (TPSA) is 121 Å². The highest BCUT2D eigenvalue weighted by atomic mass is 16.7. The summed E-state index contributed by atoms with van der Waals surface area (Å²) in [7, 11) is 0. The molecule has 0 aromatic heterocycles. The van der Waals surface area contributed by atoms with Crippen LogP contribution in [0.3, 0.4) is 0 Å². The first-order valence-corrected chi connectivity index (χ1v) is 18.7. The Hall–Kier alpha value is -4.13. The van der Waals surface area contributed by atoms with Gasteiger partial charge in [-0.3, -0.25) is 19.4 Å². The van der Waals surface area contributed by atoms with E-state index >= 15 is 0 Å². The van der Waals surface area contributed by atoms with Crippen molar-refractivity contribution in [3.05, 3.63) is 107 Å². The number of nitrogens with one attached hydrogen (secondary N) is 1. The van der Waals surface area contributed by atoms with Gasteiger partial charge in [0.1, 0.15) is 12.6 Å². The smallest absolute Gasteiger partial charge is 0.408 e. The van der Waals surface area contributed by atoms with Gasteiger partial charge in [-0.2, -0.15) is 0 Å². The molecule has 3 aromatic rings. The molecular formula is C41H50N4O7. The number of imide groups is 1. The Bertz CT molecular complexity index is 1660. The summed E-state index contributed by atoms with van der Waals surface area (Å²) in [5.41, 5.74) is 4.36. The predicted molar refractivity (Wildman–Crippen MR) is 193 cm³/mol. The maximum atomic E-state index is 13.2. The third-order valence-electron chi connectivity index (χ3n) is 11.0. The molecule has 6 atom stereocenters. The van der Waals surface area contributed by atoms with Crippen LogP contribution in [0.25, 0.3) is 0 Å². The number of aliphatic hydroxyl groups excluding tert-OH is 1. The molecule has 11 nitrogen and oxygen atoms in total. The normalized spacial score (nSPS) is 27.0. The Morgan fingerprint density at radius 3 is 2.29 bits per heavy atom. The van der Waals surface area contributed by atoms with Crippen LogP contribution in [-0.4, -0.2) is 88.6 Å². The molecule has 3 aromatic carbocycles. The largest absolute Gasteiger partial charge is 0.445 e. The van der Waals surface area contributed by atoms with Crippen molar-refractivity contribution in [2.75, 3.05) is 32.7 Å². The first kappa shape index (κ1) is 36.2. The molecule has 4 aliphatic rings. The van der Waals surface area contributed by atoms with E-state index in [-0.39, 0.29) is 50.2 Å². The van der Waals surface area contributed by atoms with Crippen LogP contribution in [0.4, 0.5) is 4.79 Å². The van der Waals surface area contributed by atoms with Gasteiger partial charge in [-0.1, -0.05) is 85.8 Å². The fourth-order valence-corrected chi connectivity index (χ4v) is 8.00. The fraction of sp³-hybridized carbons (Fsp3) is 0.488. The van der Waals surface area contributed by atoms with Gasteiger partial charge in [0.05, 0.1) is 31.8 Å². The summed E-state index contributed by atoms with van der Waals surface area (Å²) in [6, 6.07) is 24.4. The summed E-state index contributed by atoms with van der Waals surface area (Å²) in [5, 5.41) is 12.2. The fourth-order valence-electron chi connectivity index (χ4n) is 8.00. The lowest BCUT2D eigenvalue weighted by molar-refractivity contribution is -0.276. The second-order valence-electron chi connectivity index (χ2n) is 14.6. The summed E-state index contributed by atoms with van der Waals surface area (Å²) in [5.74, 6) is -0.715. The van der Waals surface area contributed by atoms with Crippen LogP contribution in [0, 0.1) is 5.92 Å². The molecule has 0 saturated carbocycles. The summed E-state index contributed by atoms with van der Waals surface area (Å²) < 4.78 is 18.7. The number of ether oxygens (including phenoxy) is 3. The van der Waals surface area contributed by atoms with Crippen molar-refractivity contribution in [2.24, 2.45) is 5.92 Å². The van der Waals surface area contributed by atoms with Crippen LogP contribution < -0.4 is 5.32 Å². The standard InChI is InChI=1S/C41H50N4O7/c1-28-36(25-44-21-7-10-34(44)24-43-19-5-6-20-43)51-40(52-38(28)32-15-13-30(26-46)14-16-32)33-17-11-29(12-18-33)23-45-37(47)22-35(39(45)48)42-41(49)50-27-31-8-3-2-4-9-31/h2-4,8-9,11-18,28,34-36,38,40,46H,5-7,10,19-27H2,1H3,(H,42,49)/t28-,34+,35?,36+,38+,40+/m1/s1. The summed E-state index contributed by atoms with van der Waals surface area (Å²) in [6.45, 7) is 7.76. The van der Waals surface area contributed by atoms with Gasteiger partial charge < -0.3 is 29.5 Å². The molecular weight excluding hydrogens is 660 g/mol. The molecule has 2 N–H and O–H groups in total. The van der Waals surface area contributed by atoms with Crippen molar-refractivity contribution in [1.29, 1.82) is 0 Å². The Kier molecular flexibility index (Phi) is 11.6. The molecule has 4 heterocycles. The highest BCUT2D eigenvalue weighted by Crippen LogP contribution is 2.42. The number of nitrogens with zero attached hydrogens (tertiary/aromatic N) is 3. The van der Waals surface area contributed by atoms with E-state index in [4.69, 9.17) is 14.2 Å². The molecule has 0 spiro atoms. The average molecular weight is 711 g/mol. The number of hydrogen-bond acceptors (Lipinski definition) is 9. The maximum Gasteiger partial charge on any atom is 0.408 e. The summed E-state index contributed by atoms with van der Waals surface area (Å²) >= 11 is 0. The van der Waals surface area contributed by atoms with Gasteiger partial charge in [0.25, 0.3) is 5.91 Å². The molecule has 7 rings (SSSR count). The number of carbonyl (C=O) groups is 3. The number of aliphatic hydroxyl groups is 1. The van der Waals surface area contributed by atoms with Gasteiger partial charge in [-0.25, -0.2) is 4.79 Å². The van der Waals surface area contributed by atoms with E-state index < -0.39 is 24.3 Å². The summed E-state index contributed by atoms with van der Waals surface area (Å²) in [4.78, 5) is 44.8. The Labute approximate surface area is 305 Å². The number of carbonyl (C=O) groups excluding carboxylic acids is 3. The predicted octanol–water partition coefficient (Wildman–Crippen LogP) is 5.08. The van der Waals surface area contributed by atoms with Gasteiger partial charge in [-0.05, 0) is 67.6 Å². The van der Waals surface area contributed by atoms with E-state index in [9.17, 15) is 19.5 Å². The third-order valence-corrected chi connectivity index (χ3v) is 11.0. The van der Waals surface area contributed by atoms with Crippen LogP contribution in [0.2, 0.25) is 0 Å². The van der Waals surface area contributed by atoms with Gasteiger partial charge in [-0.15, -0.1) is 0 Å². The Morgan fingerprint density at radius 2 is 1.56 bits per heavy atom. The van der Waals surface area contributed by atoms with Crippen LogP contribution in [0.1, 0.15) is 79.2 Å². The molecule has 0 radical (unpaired) electrons. The van der Waals surface area contributed by atoms with Crippen LogP contribution >= 0.6 is 0 Å². The van der Waals surface area contributed by atoms with Crippen LogP contribution in [0.15, 0.2) is 78.9 Å². The van der Waals surface area contributed by atoms with Crippen molar-refractivity contribution in [3.8, 4) is 0 Å². The van der Waals surface area contributed by atoms with Gasteiger partial charge in [0.2, 0.25) is 5.91 Å². The third kappa shape index (κ3) is 8.56. The zero-order valence-corrected chi connectivity index (χ0v) is 29.9. The molecule has 1 unspecified atom stereocenters. The molecule has 0 bridgehead atoms. The zero-order chi connectivity index (χ0) is 36.0. The van der Waals surface area contributed by atoms with Crippen molar-refractivity contribution < 1.29 is 33.7 Å². The van der Waals surface area contributed by atoms with Crippen molar-refractivity contribution in [3.63, 3.8) is 0 Å². The molecule has 3 amide bonds. The van der Waals surface area contributed by atoms with E-state index in [0.29, 0.717) is 6.04 Å². The molecule has 276 valence electrons. The minimum absolute atomic E-state index is 0.0114. The van der Waals surface area contributed by atoms with Crippen molar-refractivity contribution in [1.82, 2.24) is 20.0 Å². The minimum atomic E-state index is -0.966. The van der Waals surface area contributed by atoms with Gasteiger partial charge in [0.15, 0.2) is 6.29 Å². The quantitative estimate of drug-likeness (QED) is 0.248. The second kappa shape index (κ2) is 16.7. The van der Waals surface area contributed by atoms with E-state index in [1.165, 1.54) is 43.7 Å². The highest BCUT2D eigenvalue weighted by molar-refractivity contribution is 6.06. The van der Waals surface area contributed by atoms with Crippen LogP contribution in [0.5, 0.6) is 0 Å². The molecule has 4 fully saturated rings. The van der Waals surface area contributed by atoms with Gasteiger partial charge >= 0.3 is 6.09 Å². The Morgan fingerprint density at radius 1 is 0.846 bits per heavy atom. The molecule has 4 saturated heterocycles. The Balaban J connectivity index is 1.01. The number of benzene rings is 3. The lowest BCUT2D eigenvalue weighted by Crippen LogP contribution is -2.48. The molecule has 4 aliphatic heterocycles. The van der Waals surface area contributed by atoms with Gasteiger partial charge in [0, 0.05) is 30.6 Å². The zero-order valence-electron chi connectivity index (χ0n) is 29.9. The SMILES string of the molecule is C[C@@H]1[C@H](CN2CCC[C@H]2CN2CCCC2)O[C@H](c2ccc(CN3C(=O)CC(NC(=O)OCc4ccccc4)C3=O)cc2)O[C@@H]1c1ccc(CO)cc1. The number of amides is 3. The van der Waals surface area contributed by atoms with E-state index in [1.54, 1.807) is 0 Å². The average Bonchev–Trinajstić information content (AvgIpc) is 3.91. The first-order chi connectivity index (χ1) is 25.3. The van der Waals surface area contributed by atoms with E-state index in [1.807, 2.05) is 78.9 Å². The number of hydrogen-bond donors (Lipinski definition) is 2. The van der Waals surface area contributed by atoms with Crippen LogP contribution in [-0.2, 0) is 43.6 Å². The summed E-state index contributed by atoms with van der Waals surface area (Å²) in [6.07, 6.45) is 3.25. The lowest BCUT2D eigenvalue weighted by Gasteiger charge is -2.43. The molecule has 52 heavy (non-hydrogen) atoms. The minimum Gasteiger partial charge on any atom is -0.445 e. The maximum absolute atomic E-state index is 13.2. The number of rotatable bonds is 12. The van der Waals surface area contributed by atoms with Crippen molar-refractivity contribution in [2.45, 2.75) is 89.4 Å². The number of likely N-dealkylation sites (tertiary alicyclic amines) is 3. The second-order valence-corrected chi connectivity index (χ2v) is 14.6. The first-order valence-electron chi connectivity index (χ1n) is 18.7. The monoisotopic (exact) mass is 710 g/mol. The van der Waals surface area contributed by atoms with E-state index in [0.717, 1.165) is 47.5 Å². The van der Waals surface area contributed by atoms with E-state index in [2.05, 4.69) is 22.0 Å². The lowest BCUT2D eigenvalue weighted by atomic mass is 9.90. The molecule has 11 heteroatoms. The molecule has 0 aliphatic carbocycles. The van der Waals surface area contributed by atoms with Crippen molar-refractivity contribution >= 4 is 17.9 Å². The number of alkyl carbamates (subject to hydrolysis) is 1.